The van der Waals surface area contributed by atoms with Crippen molar-refractivity contribution in [3.05, 3.63) is 84.9 Å². The lowest BCUT2D eigenvalue weighted by atomic mass is 10.1. The van der Waals surface area contributed by atoms with Crippen molar-refractivity contribution >= 4 is 75.3 Å². The molecule has 0 atom stereocenters. The van der Waals surface area contributed by atoms with E-state index in [0.717, 1.165) is 36.4 Å². The monoisotopic (exact) mass is 715 g/mol. The van der Waals surface area contributed by atoms with E-state index in [-0.39, 0.29) is 33.5 Å². The molecule has 0 amide bonds. The topological polar surface area (TPSA) is 285 Å². The second-order valence-electron chi connectivity index (χ2n) is 9.81. The Kier molecular flexibility index (Phi) is 8.88. The molecule has 0 heterocycles. The van der Waals surface area contributed by atoms with Gasteiger partial charge in [0.25, 0.3) is 30.4 Å². The van der Waals surface area contributed by atoms with Crippen LogP contribution in [-0.4, -0.2) is 54.2 Å². The molecule has 17 nitrogen and oxygen atoms in total. The first-order valence-electron chi connectivity index (χ1n) is 13.0. The molecular weight excluding hydrogens is 695 g/mol. The van der Waals surface area contributed by atoms with Gasteiger partial charge in [-0.3, -0.25) is 13.7 Å². The van der Waals surface area contributed by atoms with Crippen LogP contribution in [0.5, 0.6) is 17.2 Å². The number of phenolic OH excluding ortho intramolecular Hbond substituents is 3. The van der Waals surface area contributed by atoms with Crippen LogP contribution in [0.4, 0.5) is 34.1 Å². The highest BCUT2D eigenvalue weighted by Gasteiger charge is 2.21. The molecule has 0 aliphatic carbocycles. The summed E-state index contributed by atoms with van der Waals surface area (Å²) in [6.45, 7) is 0. The van der Waals surface area contributed by atoms with Crippen molar-refractivity contribution in [3.63, 3.8) is 0 Å². The number of fused-ring (bicyclic) bond motifs is 1. The Bertz CT molecular complexity index is 2480. The van der Waals surface area contributed by atoms with Gasteiger partial charge in [-0.25, -0.2) is 0 Å². The first kappa shape index (κ1) is 33.8. The molecule has 0 saturated carbocycles. The fraction of sp³-hybridized carbons (Fsp3) is 0. The molecule has 5 aromatic rings. The number of benzene rings is 5. The van der Waals surface area contributed by atoms with Gasteiger partial charge in [-0.2, -0.15) is 30.4 Å². The summed E-state index contributed by atoms with van der Waals surface area (Å²) in [5.74, 6) is -2.04. The van der Waals surface area contributed by atoms with Gasteiger partial charge in [0.1, 0.15) is 33.5 Å². The van der Waals surface area contributed by atoms with E-state index in [9.17, 15) is 54.2 Å². The Balaban J connectivity index is 1.53. The van der Waals surface area contributed by atoms with Crippen molar-refractivity contribution in [3.8, 4) is 17.2 Å². The van der Waals surface area contributed by atoms with Gasteiger partial charge < -0.3 is 20.6 Å². The maximum absolute atomic E-state index is 12.1. The summed E-state index contributed by atoms with van der Waals surface area (Å²) in [7, 11) is -14.5. The summed E-state index contributed by atoms with van der Waals surface area (Å²) in [5, 5.41) is 48.9. The van der Waals surface area contributed by atoms with Gasteiger partial charge in [0.05, 0.1) is 32.2 Å². The summed E-state index contributed by atoms with van der Waals surface area (Å²) in [6.07, 6.45) is 0. The zero-order valence-corrected chi connectivity index (χ0v) is 26.2. The Labute approximate surface area is 271 Å². The number of para-hydroxylation sites is 1. The smallest absolute Gasteiger partial charge is 0.296 e. The fourth-order valence-corrected chi connectivity index (χ4v) is 6.03. The van der Waals surface area contributed by atoms with Gasteiger partial charge >= 0.3 is 0 Å². The van der Waals surface area contributed by atoms with Crippen LogP contribution < -0.4 is 5.32 Å². The zero-order valence-electron chi connectivity index (χ0n) is 23.7. The Morgan fingerprint density at radius 2 is 1.08 bits per heavy atom. The summed E-state index contributed by atoms with van der Waals surface area (Å²) >= 11 is 0. The van der Waals surface area contributed by atoms with Gasteiger partial charge in [-0.05, 0) is 53.9 Å². The molecular formula is C28H21N5O12S3. The molecule has 0 spiro atoms. The van der Waals surface area contributed by atoms with E-state index in [2.05, 4.69) is 25.8 Å². The van der Waals surface area contributed by atoms with Crippen LogP contribution in [0, 0.1) is 0 Å². The molecule has 0 fully saturated rings. The average molecular weight is 716 g/mol. The maximum Gasteiger partial charge on any atom is 0.296 e. The number of aromatic hydroxyl groups is 3. The molecule has 248 valence electrons. The molecule has 0 saturated heterocycles. The molecule has 48 heavy (non-hydrogen) atoms. The van der Waals surface area contributed by atoms with E-state index in [1.807, 2.05) is 0 Å². The van der Waals surface area contributed by atoms with Crippen LogP contribution in [0.25, 0.3) is 10.8 Å². The van der Waals surface area contributed by atoms with Crippen LogP contribution in [0.1, 0.15) is 0 Å². The molecule has 0 radical (unpaired) electrons. The minimum absolute atomic E-state index is 0.0312. The predicted molar refractivity (Wildman–Crippen MR) is 169 cm³/mol. The highest BCUT2D eigenvalue weighted by molar-refractivity contribution is 7.86. The highest BCUT2D eigenvalue weighted by Crippen LogP contribution is 2.42. The van der Waals surface area contributed by atoms with Crippen LogP contribution in [0.15, 0.2) is 120 Å². The molecule has 20 heteroatoms. The summed E-state index contributed by atoms with van der Waals surface area (Å²) in [6, 6.07) is 17.1. The second-order valence-corrected chi connectivity index (χ2v) is 14.0. The lowest BCUT2D eigenvalue weighted by Gasteiger charge is -2.10. The maximum atomic E-state index is 12.1. The minimum atomic E-state index is -4.91. The lowest BCUT2D eigenvalue weighted by Crippen LogP contribution is -2.03. The molecule has 7 N–H and O–H groups in total. The first-order valence-corrected chi connectivity index (χ1v) is 17.3. The summed E-state index contributed by atoms with van der Waals surface area (Å²) in [4.78, 5) is -2.10. The SMILES string of the molecule is O=S(=O)(O)c1cc(O)c2c(N=Nc3cc(N=Nc4ccc(Nc5ccccc5)c(S(=O)(=O)O)c4)c(O)cc3O)cc(S(=O)(=O)O)cc2c1. The Morgan fingerprint density at radius 1 is 0.521 bits per heavy atom. The van der Waals surface area contributed by atoms with Crippen molar-refractivity contribution < 1.29 is 54.2 Å². The Hall–Kier alpha value is -5.51. The van der Waals surface area contributed by atoms with Crippen molar-refractivity contribution in [1.82, 2.24) is 0 Å². The quantitative estimate of drug-likeness (QED) is 0.0655. The van der Waals surface area contributed by atoms with Gasteiger partial charge in [0.2, 0.25) is 0 Å². The second kappa shape index (κ2) is 12.6. The number of azo groups is 2. The third kappa shape index (κ3) is 7.54. The van der Waals surface area contributed by atoms with Crippen LogP contribution in [-0.2, 0) is 30.4 Å². The predicted octanol–water partition coefficient (Wildman–Crippen LogP) is 6.27. The minimum Gasteiger partial charge on any atom is -0.507 e. The van der Waals surface area contributed by atoms with Crippen LogP contribution in [0.3, 0.4) is 0 Å². The van der Waals surface area contributed by atoms with Gasteiger partial charge in [-0.1, -0.05) is 18.2 Å². The number of nitrogens with zero attached hydrogens (tertiary/aromatic N) is 4. The van der Waals surface area contributed by atoms with Gasteiger partial charge in [0.15, 0.2) is 0 Å². The molecule has 5 aromatic carbocycles. The lowest BCUT2D eigenvalue weighted by molar-refractivity contribution is 0.452. The van der Waals surface area contributed by atoms with Gasteiger partial charge in [0, 0.05) is 23.9 Å². The largest absolute Gasteiger partial charge is 0.507 e. The standard InChI is InChI=1S/C28H21N5O12S3/c34-24-14-25(35)22(32-33-23-11-18(46(37,38)39)8-15-9-19(47(40,41)42)12-26(36)28(15)23)13-21(24)31-30-17-6-7-20(27(10-17)48(43,44)45)29-16-4-2-1-3-5-16/h1-14,29,34-36H,(H,37,38,39)(H,40,41,42)(H,43,44,45). The summed E-state index contributed by atoms with van der Waals surface area (Å²) < 4.78 is 99.9. The normalized spacial score (nSPS) is 12.6. The number of nitrogens with one attached hydrogen (secondary N) is 1. The molecule has 0 aliphatic heterocycles. The Morgan fingerprint density at radius 3 is 1.67 bits per heavy atom. The fourth-order valence-electron chi connectivity index (χ4n) is 4.29. The van der Waals surface area contributed by atoms with Gasteiger partial charge in [-0.15, -0.1) is 15.3 Å². The zero-order chi connectivity index (χ0) is 35.0. The van der Waals surface area contributed by atoms with Crippen molar-refractivity contribution in [2.45, 2.75) is 14.7 Å². The first-order chi connectivity index (χ1) is 22.4. The number of hydrogen-bond acceptors (Lipinski definition) is 14. The number of rotatable bonds is 9. The third-order valence-corrected chi connectivity index (χ3v) is 9.01. The number of hydrogen-bond donors (Lipinski definition) is 7. The van der Waals surface area contributed by atoms with Crippen LogP contribution >= 0.6 is 0 Å². The van der Waals surface area contributed by atoms with E-state index < -0.39 is 68.0 Å². The van der Waals surface area contributed by atoms with Crippen molar-refractivity contribution in [2.75, 3.05) is 5.32 Å². The van der Waals surface area contributed by atoms with Crippen molar-refractivity contribution in [1.29, 1.82) is 0 Å². The molecule has 0 aliphatic rings. The third-order valence-electron chi connectivity index (χ3n) is 6.46. The van der Waals surface area contributed by atoms with E-state index in [1.54, 1.807) is 30.3 Å². The van der Waals surface area contributed by atoms with Crippen LogP contribution in [0.2, 0.25) is 0 Å². The molecule has 0 unspecified atom stereocenters. The summed E-state index contributed by atoms with van der Waals surface area (Å²) in [5.41, 5.74) is -0.657. The average Bonchev–Trinajstić information content (AvgIpc) is 2.99. The highest BCUT2D eigenvalue weighted by atomic mass is 32.2. The van der Waals surface area contributed by atoms with E-state index >= 15 is 0 Å². The molecule has 5 rings (SSSR count). The molecule has 0 aromatic heterocycles. The van der Waals surface area contributed by atoms with E-state index in [0.29, 0.717) is 11.8 Å². The molecule has 0 bridgehead atoms. The number of anilines is 2. The van der Waals surface area contributed by atoms with E-state index in [1.165, 1.54) is 12.1 Å². The van der Waals surface area contributed by atoms with Crippen molar-refractivity contribution in [2.24, 2.45) is 20.5 Å². The number of phenols is 3. The van der Waals surface area contributed by atoms with E-state index in [4.69, 9.17) is 0 Å².